The van der Waals surface area contributed by atoms with E-state index >= 15 is 0 Å². The molecule has 0 radical (unpaired) electrons. The molecule has 0 saturated heterocycles. The van der Waals surface area contributed by atoms with Crippen LogP contribution in [0, 0.1) is 20.9 Å². The van der Waals surface area contributed by atoms with Gasteiger partial charge in [0, 0.05) is 0 Å². The van der Waals surface area contributed by atoms with Crippen molar-refractivity contribution in [3.8, 4) is 11.1 Å². The Kier molecular flexibility index (Phi) is 20.7. The van der Waals surface area contributed by atoms with Crippen molar-refractivity contribution in [1.29, 1.82) is 0 Å². The van der Waals surface area contributed by atoms with Gasteiger partial charge in [0.25, 0.3) is 0 Å². The molecule has 0 unspecified atom stereocenters. The van der Waals surface area contributed by atoms with E-state index in [0.29, 0.717) is 0 Å². The van der Waals surface area contributed by atoms with Crippen molar-refractivity contribution in [1.82, 2.24) is 0 Å². The van der Waals surface area contributed by atoms with Crippen LogP contribution >= 0.6 is 40.7 Å². The van der Waals surface area contributed by atoms with Crippen molar-refractivity contribution in [2.45, 2.75) is 32.7 Å². The molecule has 0 spiro atoms. The van der Waals surface area contributed by atoms with Crippen LogP contribution in [0.15, 0.2) is 40.9 Å². The van der Waals surface area contributed by atoms with E-state index in [9.17, 15) is 0 Å². The van der Waals surface area contributed by atoms with Gasteiger partial charge in [0.2, 0.25) is 0 Å². The van der Waals surface area contributed by atoms with Gasteiger partial charge in [0.15, 0.2) is 0 Å². The molecule has 0 aliphatic heterocycles. The Morgan fingerprint density at radius 3 is 2.00 bits per heavy atom. The van der Waals surface area contributed by atoms with E-state index in [4.69, 9.17) is 5.73 Å². The molecule has 0 atom stereocenters. The topological polar surface area (TPSA) is 23.8 Å². The molecule has 0 fully saturated rings. The maximum absolute atomic E-state index is 6.94. The zero-order valence-electron chi connectivity index (χ0n) is 15.6. The van der Waals surface area contributed by atoms with E-state index in [0.717, 1.165) is 10.9 Å². The summed E-state index contributed by atoms with van der Waals surface area (Å²) in [6, 6.07) is 16.1. The normalized spacial score (nSPS) is 9.44. The summed E-state index contributed by atoms with van der Waals surface area (Å²) in [5.74, 6) is 0. The first-order chi connectivity index (χ1) is 9.84. The van der Waals surface area contributed by atoms with Gasteiger partial charge in [-0.3, -0.25) is 0 Å². The van der Waals surface area contributed by atoms with Gasteiger partial charge in [0.05, 0.1) is 0 Å². The fraction of sp³-hybridized carbons (Fsp3) is 0.263. The van der Waals surface area contributed by atoms with Crippen molar-refractivity contribution < 1.29 is 23.3 Å². The molecule has 25 heavy (non-hydrogen) atoms. The third-order valence-electron chi connectivity index (χ3n) is 2.67. The van der Waals surface area contributed by atoms with Crippen molar-refractivity contribution in [2.75, 3.05) is 0 Å². The molecule has 1 aliphatic carbocycles. The maximum atomic E-state index is 6.94. The summed E-state index contributed by atoms with van der Waals surface area (Å²) in [4.78, 5) is 0. The molecule has 2 aromatic carbocycles. The van der Waals surface area contributed by atoms with Gasteiger partial charge in [-0.2, -0.15) is 18.2 Å². The predicted octanol–water partition coefficient (Wildman–Crippen LogP) is 6.48. The molecular formula is C19H28BrCl2NSiZr-4. The van der Waals surface area contributed by atoms with Crippen LogP contribution in [0.25, 0.3) is 16.9 Å². The Balaban J connectivity index is -0.000000178. The minimum atomic E-state index is -0.250. The summed E-state index contributed by atoms with van der Waals surface area (Å²) in [7, 11) is 0. The summed E-state index contributed by atoms with van der Waals surface area (Å²) in [5.41, 5.74) is 12.1. The average molecular weight is 541 g/mol. The number of hydrogen-bond acceptors (Lipinski definition) is 0. The average Bonchev–Trinajstić information content (AvgIpc) is 2.76. The van der Waals surface area contributed by atoms with Crippen molar-refractivity contribution >= 4 is 47.6 Å². The third kappa shape index (κ3) is 11.8. The van der Waals surface area contributed by atoms with Crippen molar-refractivity contribution in [3.05, 3.63) is 78.7 Å². The molecule has 0 amide bonds. The SMILES string of the molecule is Brc1[c-]c2c(cc1)-c1ccccc1C2.CC(C)(C)[NH-].Cl.Cl.[CH3-].[CH3-].[SiH2]=[Zr]. The van der Waals surface area contributed by atoms with E-state index < -0.39 is 0 Å². The van der Waals surface area contributed by atoms with Crippen LogP contribution in [0.1, 0.15) is 31.9 Å². The predicted molar refractivity (Wildman–Crippen MR) is 121 cm³/mol. The van der Waals surface area contributed by atoms with E-state index in [1.54, 1.807) is 23.3 Å². The second kappa shape index (κ2) is 15.6. The molecule has 1 nitrogen and oxygen atoms in total. The van der Waals surface area contributed by atoms with E-state index in [-0.39, 0.29) is 45.2 Å². The molecule has 1 N–H and O–H groups in total. The van der Waals surface area contributed by atoms with E-state index in [1.165, 1.54) is 22.3 Å². The molecule has 0 aromatic heterocycles. The van der Waals surface area contributed by atoms with Crippen LogP contribution < -0.4 is 0 Å². The molecule has 0 bridgehead atoms. The molecular weight excluding hydrogens is 512 g/mol. The zero-order chi connectivity index (χ0) is 16.0. The van der Waals surface area contributed by atoms with Crippen LogP contribution in [0.4, 0.5) is 0 Å². The Morgan fingerprint density at radius 2 is 1.48 bits per heavy atom. The Hall–Kier alpha value is 0.560. The van der Waals surface area contributed by atoms with Gasteiger partial charge in [-0.25, -0.2) is 0 Å². The number of rotatable bonds is 0. The fourth-order valence-electron chi connectivity index (χ4n) is 2.03. The summed E-state index contributed by atoms with van der Waals surface area (Å²) in [6.45, 7) is 7.51. The molecule has 2 aromatic rings. The van der Waals surface area contributed by atoms with Crippen LogP contribution in [0.5, 0.6) is 0 Å². The number of benzene rings is 2. The van der Waals surface area contributed by atoms with Crippen LogP contribution in [-0.4, -0.2) is 12.4 Å². The Morgan fingerprint density at radius 1 is 1.00 bits per heavy atom. The Labute approximate surface area is 192 Å². The second-order valence-electron chi connectivity index (χ2n) is 5.78. The molecule has 0 heterocycles. The molecule has 142 valence electrons. The number of fused-ring (bicyclic) bond motifs is 3. The van der Waals surface area contributed by atoms with Gasteiger partial charge in [-0.1, -0.05) is 76.6 Å². The molecule has 3 rings (SSSR count). The monoisotopic (exact) mass is 537 g/mol. The quantitative estimate of drug-likeness (QED) is 0.230. The third-order valence-corrected chi connectivity index (χ3v) is 3.13. The van der Waals surface area contributed by atoms with Crippen LogP contribution in [-0.2, 0) is 29.8 Å². The van der Waals surface area contributed by atoms with Gasteiger partial charge in [0.1, 0.15) is 0 Å². The fourth-order valence-corrected chi connectivity index (χ4v) is 2.40. The van der Waals surface area contributed by atoms with E-state index in [1.807, 2.05) is 27.7 Å². The van der Waals surface area contributed by atoms with Crippen molar-refractivity contribution in [2.24, 2.45) is 0 Å². The first-order valence-corrected chi connectivity index (χ1v) is 13.5. The number of hydrogen-bond donors (Lipinski definition) is 0. The summed E-state index contributed by atoms with van der Waals surface area (Å²) < 4.78 is 1.05. The van der Waals surface area contributed by atoms with Crippen LogP contribution in [0.3, 0.4) is 0 Å². The second-order valence-corrected chi connectivity index (χ2v) is 6.64. The van der Waals surface area contributed by atoms with Gasteiger partial charge in [-0.05, 0) is 6.42 Å². The van der Waals surface area contributed by atoms with Gasteiger partial charge < -0.3 is 20.6 Å². The zero-order valence-corrected chi connectivity index (χ0v) is 22.7. The van der Waals surface area contributed by atoms with E-state index in [2.05, 4.69) is 58.4 Å². The first-order valence-electron chi connectivity index (χ1n) is 6.74. The Bertz CT molecular complexity index is 613. The standard InChI is InChI=1S/C13H8Br.C4H10N.2CH3.2ClH.H2Si.Zr/c14-11-5-6-13-10(8-11)7-9-3-1-2-4-12(9)13;1-4(2,3)5;;;;;;/h1-6H,7H2;5H,1-3H3;2*1H3;2*1H;1H2;/q4*-1;;;;. The molecule has 6 heteroatoms. The summed E-state index contributed by atoms with van der Waals surface area (Å²) in [6.07, 6.45) is 1.02. The van der Waals surface area contributed by atoms with Crippen molar-refractivity contribution in [3.63, 3.8) is 0 Å². The summed E-state index contributed by atoms with van der Waals surface area (Å²) >= 11 is 5.03. The van der Waals surface area contributed by atoms with Gasteiger partial charge in [-0.15, -0.1) is 41.5 Å². The summed E-state index contributed by atoms with van der Waals surface area (Å²) in [5, 5.41) is 0. The number of nitrogens with one attached hydrogen (secondary N) is 1. The van der Waals surface area contributed by atoms with Crippen LogP contribution in [0.2, 0.25) is 0 Å². The number of halogens is 3. The minimum absolute atomic E-state index is 0. The molecule has 1 aliphatic rings. The molecule has 0 saturated carbocycles. The first kappa shape index (κ1) is 33.2. The van der Waals surface area contributed by atoms with Gasteiger partial charge >= 0.3 is 30.2 Å².